The summed E-state index contributed by atoms with van der Waals surface area (Å²) in [4.78, 5) is 44.1. The van der Waals surface area contributed by atoms with E-state index in [4.69, 9.17) is 19.6 Å². The predicted molar refractivity (Wildman–Crippen MR) is 81.3 cm³/mol. The maximum atomic E-state index is 11.2. The summed E-state index contributed by atoms with van der Waals surface area (Å²) in [6.07, 6.45) is -7.84. The standard InChI is InChI=1S/C6H11O12P2.3Na.8H2O/c7-3(1-17-19(11,12)13)5(9)6(10)4(8)2-18-20(14,15)16;;;;;;;;;;;/h3,5-6H,1-2H2,(H2,11,12,13)(H2,14,15,16);;;;8*1H2/q-3;3*+1;;;;;;;;/t3-,5-,6-;;;;;;;;;;;/m1.........../s1. The van der Waals surface area contributed by atoms with Crippen molar-refractivity contribution in [3.8, 4) is 0 Å². The van der Waals surface area contributed by atoms with E-state index in [1.807, 2.05) is 0 Å². The molecule has 0 aromatic carbocycles. The average molecular weight is 550 g/mol. The van der Waals surface area contributed by atoms with E-state index in [2.05, 4.69) is 9.05 Å². The van der Waals surface area contributed by atoms with Gasteiger partial charge >= 0.3 is 104 Å². The third-order valence-electron chi connectivity index (χ3n) is 1.76. The fraction of sp³-hybridized carbons (Fsp3) is 0.833. The van der Waals surface area contributed by atoms with E-state index in [9.17, 15) is 29.2 Å². The predicted octanol–water partition coefficient (Wildman–Crippen LogP) is -20.6. The minimum atomic E-state index is -5.02. The maximum Gasteiger partial charge on any atom is 1.00 e. The molecule has 20 nitrogen and oxygen atoms in total. The van der Waals surface area contributed by atoms with Crippen molar-refractivity contribution in [3.63, 3.8) is 0 Å². The van der Waals surface area contributed by atoms with Gasteiger partial charge in [-0.3, -0.25) is 13.8 Å². The Morgan fingerprint density at radius 3 is 1.26 bits per heavy atom. The van der Waals surface area contributed by atoms with E-state index in [-0.39, 0.29) is 132 Å². The summed E-state index contributed by atoms with van der Waals surface area (Å²) >= 11 is 0. The molecule has 0 spiro atoms. The molecule has 31 heavy (non-hydrogen) atoms. The molecule has 0 bridgehead atoms. The van der Waals surface area contributed by atoms with Crippen molar-refractivity contribution in [2.24, 2.45) is 0 Å². The van der Waals surface area contributed by atoms with Gasteiger partial charge in [0.25, 0.3) is 0 Å². The first-order chi connectivity index (χ1) is 8.83. The van der Waals surface area contributed by atoms with Gasteiger partial charge in [-0.2, -0.15) is 0 Å². The fourth-order valence-electron chi connectivity index (χ4n) is 0.873. The SMILES string of the molecule is O.O.O.O.O.O.O.O.O=C(COP(=O)(O)O)[C@@H]([O-])[C@H]([O-])[C@H]([O-])COP(=O)(O)O.[Na+].[Na+].[Na+]. The van der Waals surface area contributed by atoms with Crippen LogP contribution in [0.4, 0.5) is 0 Å². The van der Waals surface area contributed by atoms with E-state index in [0.717, 1.165) is 0 Å². The Balaban J connectivity index is -0.0000000328. The van der Waals surface area contributed by atoms with Gasteiger partial charge in [-0.05, 0) is 0 Å². The molecule has 0 unspecified atom stereocenters. The number of ketones is 1. The number of hydrogen-bond acceptors (Lipinski definition) is 8. The fourth-order valence-corrected chi connectivity index (χ4v) is 1.51. The summed E-state index contributed by atoms with van der Waals surface area (Å²) in [5, 5.41) is 33.4. The van der Waals surface area contributed by atoms with Crippen molar-refractivity contribution in [1.82, 2.24) is 0 Å². The van der Waals surface area contributed by atoms with Gasteiger partial charge in [-0.1, -0.05) is 6.10 Å². The van der Waals surface area contributed by atoms with Crippen molar-refractivity contribution in [2.45, 2.75) is 18.3 Å². The summed E-state index contributed by atoms with van der Waals surface area (Å²) in [7, 11) is -10.0. The van der Waals surface area contributed by atoms with Gasteiger partial charge in [0, 0.05) is 6.61 Å². The molecular formula is C6H27Na3O20P2. The maximum absolute atomic E-state index is 11.2. The number of phosphoric ester groups is 2. The molecule has 0 saturated carbocycles. The van der Waals surface area contributed by atoms with E-state index in [1.54, 1.807) is 0 Å². The Labute approximate surface area is 241 Å². The van der Waals surface area contributed by atoms with Gasteiger partial charge in [-0.15, -0.1) is 12.2 Å². The van der Waals surface area contributed by atoms with Crippen LogP contribution in [0, 0.1) is 0 Å². The first-order valence-corrected chi connectivity index (χ1v) is 7.80. The number of rotatable bonds is 9. The summed E-state index contributed by atoms with van der Waals surface area (Å²) in [5.41, 5.74) is 0. The Morgan fingerprint density at radius 1 is 0.710 bits per heavy atom. The first-order valence-electron chi connectivity index (χ1n) is 4.74. The van der Waals surface area contributed by atoms with Crippen LogP contribution in [0.25, 0.3) is 0 Å². The molecule has 0 amide bonds. The molecule has 0 heterocycles. The molecule has 3 atom stereocenters. The molecular weight excluding hydrogens is 523 g/mol. The van der Waals surface area contributed by atoms with Gasteiger partial charge in [0.05, 0.1) is 0 Å². The Bertz CT molecular complexity index is 429. The topological polar surface area (TPSA) is 472 Å². The van der Waals surface area contributed by atoms with Gasteiger partial charge in [0.2, 0.25) is 0 Å². The number of Topliss-reactive ketones (excluding diaryl/α,β-unsaturated/α-hetero) is 1. The largest absolute Gasteiger partial charge is 1.00 e. The molecule has 0 fully saturated rings. The van der Waals surface area contributed by atoms with Crippen LogP contribution in [-0.4, -0.2) is 101 Å². The molecule has 0 aliphatic heterocycles. The molecule has 20 N–H and O–H groups in total. The zero-order chi connectivity index (χ0) is 16.1. The van der Waals surface area contributed by atoms with Crippen molar-refractivity contribution >= 4 is 21.4 Å². The molecule has 184 valence electrons. The summed E-state index contributed by atoms with van der Waals surface area (Å²) in [6.45, 7) is -2.67. The molecule has 0 aliphatic rings. The van der Waals surface area contributed by atoms with Crippen LogP contribution >= 0.6 is 15.6 Å². The van der Waals surface area contributed by atoms with Crippen LogP contribution in [0.1, 0.15) is 0 Å². The molecule has 25 heteroatoms. The molecule has 0 aromatic rings. The van der Waals surface area contributed by atoms with Gasteiger partial charge in [0.15, 0.2) is 0 Å². The Kier molecular flexibility index (Phi) is 85.5. The van der Waals surface area contributed by atoms with Crippen molar-refractivity contribution in [1.29, 1.82) is 0 Å². The number of carbonyl (C=O) groups is 1. The second-order valence-electron chi connectivity index (χ2n) is 3.44. The van der Waals surface area contributed by atoms with E-state index in [0.29, 0.717) is 0 Å². The summed E-state index contributed by atoms with van der Waals surface area (Å²) in [6, 6.07) is 0. The number of hydrogen-bond donors (Lipinski definition) is 4. The quantitative estimate of drug-likeness (QED) is 0.153. The molecule has 0 saturated heterocycles. The average Bonchev–Trinajstić information content (AvgIpc) is 2.29. The minimum Gasteiger partial charge on any atom is -0.853 e. The Morgan fingerprint density at radius 2 is 1.00 bits per heavy atom. The monoisotopic (exact) mass is 550 g/mol. The number of carbonyl (C=O) groups excluding carboxylic acids is 1. The molecule has 0 radical (unpaired) electrons. The zero-order valence-electron chi connectivity index (χ0n) is 16.6. The second-order valence-corrected chi connectivity index (χ2v) is 5.92. The Hall–Kier alpha value is 2.45. The normalized spacial score (nSPS) is 11.3. The summed E-state index contributed by atoms with van der Waals surface area (Å²) in [5.74, 6) is -1.58. The number of phosphoric acid groups is 2. The van der Waals surface area contributed by atoms with Crippen LogP contribution < -0.4 is 104 Å². The van der Waals surface area contributed by atoms with Gasteiger partial charge < -0.3 is 78.7 Å². The van der Waals surface area contributed by atoms with Crippen molar-refractivity contribution < 1.29 is 190 Å². The van der Waals surface area contributed by atoms with Crippen molar-refractivity contribution in [3.05, 3.63) is 0 Å². The van der Waals surface area contributed by atoms with Crippen LogP contribution in [0.5, 0.6) is 0 Å². The molecule has 0 aromatic heterocycles. The van der Waals surface area contributed by atoms with E-state index < -0.39 is 53.0 Å². The third-order valence-corrected chi connectivity index (χ3v) is 2.71. The zero-order valence-corrected chi connectivity index (χ0v) is 24.4. The van der Waals surface area contributed by atoms with Crippen LogP contribution in [0.2, 0.25) is 0 Å². The first kappa shape index (κ1) is 76.6. The van der Waals surface area contributed by atoms with Crippen molar-refractivity contribution in [2.75, 3.05) is 13.2 Å². The minimum absolute atomic E-state index is 0. The molecule has 0 aliphatic carbocycles. The molecule has 0 rings (SSSR count). The van der Waals surface area contributed by atoms with E-state index in [1.165, 1.54) is 0 Å². The van der Waals surface area contributed by atoms with Crippen LogP contribution in [-0.2, 0) is 23.0 Å². The van der Waals surface area contributed by atoms with Crippen LogP contribution in [0.15, 0.2) is 0 Å². The van der Waals surface area contributed by atoms with Crippen LogP contribution in [0.3, 0.4) is 0 Å². The van der Waals surface area contributed by atoms with Gasteiger partial charge in [0.1, 0.15) is 12.4 Å². The van der Waals surface area contributed by atoms with Gasteiger partial charge in [-0.25, -0.2) is 9.13 Å². The second kappa shape index (κ2) is 34.6. The smallest absolute Gasteiger partial charge is 0.853 e. The third kappa shape index (κ3) is 43.0. The van der Waals surface area contributed by atoms with E-state index >= 15 is 0 Å². The summed E-state index contributed by atoms with van der Waals surface area (Å²) < 4.78 is 27.9.